The lowest BCUT2D eigenvalue weighted by atomic mass is 9.26. The van der Waals surface area contributed by atoms with E-state index in [2.05, 4.69) is 34.6 Å². The number of aliphatic hydroxyl groups excluding tert-OH is 1. The molecule has 6 rings (SSSR count). The molecule has 1 spiro atoms. The first kappa shape index (κ1) is 32.3. The lowest BCUT2D eigenvalue weighted by molar-refractivity contribution is -0.312. The van der Waals surface area contributed by atoms with Crippen molar-refractivity contribution < 1.29 is 24.9 Å². The molecule has 0 aromatic rings. The Kier molecular flexibility index (Phi) is 7.83. The summed E-state index contributed by atoms with van der Waals surface area (Å²) in [5.41, 5.74) is -0.601. The Morgan fingerprint density at radius 1 is 0.814 bits per heavy atom. The summed E-state index contributed by atoms with van der Waals surface area (Å²) in [4.78, 5) is 12.7. The van der Waals surface area contributed by atoms with Crippen molar-refractivity contribution in [3.8, 4) is 0 Å². The van der Waals surface area contributed by atoms with E-state index in [4.69, 9.17) is 4.74 Å². The number of hydrogen-bond donors (Lipinski definition) is 3. The highest BCUT2D eigenvalue weighted by Gasteiger charge is 2.80. The monoisotopic (exact) mass is 600 g/mol. The number of aliphatic hydroxyl groups is 2. The first-order chi connectivity index (χ1) is 20.2. The summed E-state index contributed by atoms with van der Waals surface area (Å²) in [7, 11) is 0. The third-order valence-electron chi connectivity index (χ3n) is 16.9. The molecule has 1 aliphatic heterocycles. The molecule has 3 N–H and O–H groups in total. The zero-order valence-electron chi connectivity index (χ0n) is 28.5. The maximum absolute atomic E-state index is 12.7. The Bertz CT molecular complexity index is 1090. The highest BCUT2D eigenvalue weighted by molar-refractivity contribution is 5.74. The van der Waals surface area contributed by atoms with Crippen molar-refractivity contribution in [3.05, 3.63) is 0 Å². The molecule has 43 heavy (non-hydrogen) atoms. The molecule has 1 heterocycles. The number of aliphatic carboxylic acids is 1. The molecule has 0 aromatic heterocycles. The van der Waals surface area contributed by atoms with E-state index in [1.807, 2.05) is 6.92 Å². The summed E-state index contributed by atoms with van der Waals surface area (Å²) in [6.45, 7) is 15.1. The van der Waals surface area contributed by atoms with E-state index in [-0.39, 0.29) is 45.0 Å². The third-order valence-corrected chi connectivity index (χ3v) is 16.9. The summed E-state index contributed by atoms with van der Waals surface area (Å²) in [5, 5.41) is 33.9. The number of fused-ring (bicyclic) bond motifs is 7. The second-order valence-corrected chi connectivity index (χ2v) is 18.0. The predicted octanol–water partition coefficient (Wildman–Crippen LogP) is 8.74. The van der Waals surface area contributed by atoms with Gasteiger partial charge in [0.05, 0.1) is 12.0 Å². The zero-order chi connectivity index (χ0) is 31.2. The van der Waals surface area contributed by atoms with Crippen LogP contribution >= 0.6 is 0 Å². The molecule has 0 radical (unpaired) electrons. The van der Waals surface area contributed by atoms with Crippen LogP contribution in [0.15, 0.2) is 0 Å². The molecule has 2 bridgehead atoms. The summed E-state index contributed by atoms with van der Waals surface area (Å²) >= 11 is 0. The highest BCUT2D eigenvalue weighted by atomic mass is 16.6. The van der Waals surface area contributed by atoms with E-state index in [9.17, 15) is 20.1 Å². The fourth-order valence-corrected chi connectivity index (χ4v) is 14.3. The minimum absolute atomic E-state index is 0.0266. The molecule has 11 atom stereocenters. The van der Waals surface area contributed by atoms with Crippen LogP contribution in [0.1, 0.15) is 157 Å². The smallest absolute Gasteiger partial charge is 0.309 e. The molecule has 5 aliphatic carbocycles. The van der Waals surface area contributed by atoms with E-state index < -0.39 is 17.2 Å². The number of unbranched alkanes of at least 4 members (excludes halogenated alkanes) is 3. The normalized spacial score (nSPS) is 53.8. The van der Waals surface area contributed by atoms with Crippen LogP contribution in [0, 0.1) is 55.7 Å². The van der Waals surface area contributed by atoms with Crippen LogP contribution in [0.2, 0.25) is 0 Å². The molecule has 0 unspecified atom stereocenters. The fraction of sp³-hybridized carbons (Fsp3) is 0.974. The Morgan fingerprint density at radius 3 is 2.21 bits per heavy atom. The molecule has 6 fully saturated rings. The maximum atomic E-state index is 12.7. The van der Waals surface area contributed by atoms with Crippen molar-refractivity contribution in [1.29, 1.82) is 0 Å². The van der Waals surface area contributed by atoms with E-state index in [1.165, 1.54) is 44.9 Å². The molecule has 246 valence electrons. The second kappa shape index (κ2) is 10.4. The predicted molar refractivity (Wildman–Crippen MR) is 170 cm³/mol. The van der Waals surface area contributed by atoms with Gasteiger partial charge >= 0.3 is 5.97 Å². The Morgan fingerprint density at radius 2 is 1.53 bits per heavy atom. The van der Waals surface area contributed by atoms with Crippen LogP contribution in [-0.4, -0.2) is 40.3 Å². The molecule has 5 nitrogen and oxygen atoms in total. The summed E-state index contributed by atoms with van der Waals surface area (Å²) in [5.74, 6) is -0.605. The number of carbonyl (C=O) groups is 1. The molecular weight excluding hydrogens is 536 g/mol. The first-order valence-electron chi connectivity index (χ1n) is 18.4. The molecule has 1 saturated heterocycles. The minimum Gasteiger partial charge on any atom is -0.481 e. The summed E-state index contributed by atoms with van der Waals surface area (Å²) < 4.78 is 6.39. The number of carboxylic acid groups (broad SMARTS) is 1. The topological polar surface area (TPSA) is 87.0 Å². The van der Waals surface area contributed by atoms with E-state index in [0.717, 1.165) is 64.2 Å². The van der Waals surface area contributed by atoms with Gasteiger partial charge in [-0.05, 0) is 117 Å². The Hall–Kier alpha value is -0.650. The van der Waals surface area contributed by atoms with Crippen molar-refractivity contribution in [3.63, 3.8) is 0 Å². The third kappa shape index (κ3) is 3.95. The van der Waals surface area contributed by atoms with Crippen molar-refractivity contribution in [2.75, 3.05) is 13.2 Å². The average molecular weight is 601 g/mol. The molecule has 0 amide bonds. The van der Waals surface area contributed by atoms with Gasteiger partial charge in [0.2, 0.25) is 0 Å². The molecular formula is C38H64O5. The van der Waals surface area contributed by atoms with Gasteiger partial charge in [0, 0.05) is 29.8 Å². The van der Waals surface area contributed by atoms with Crippen LogP contribution in [0.5, 0.6) is 0 Å². The highest BCUT2D eigenvalue weighted by Crippen LogP contribution is 2.83. The van der Waals surface area contributed by atoms with Gasteiger partial charge in [-0.25, -0.2) is 0 Å². The molecule has 5 heteroatoms. The van der Waals surface area contributed by atoms with Gasteiger partial charge < -0.3 is 20.1 Å². The number of ether oxygens (including phenoxy) is 1. The van der Waals surface area contributed by atoms with Crippen molar-refractivity contribution in [2.45, 2.75) is 163 Å². The molecule has 6 aliphatic rings. The Labute approximate surface area is 262 Å². The number of hydrogen-bond acceptors (Lipinski definition) is 4. The van der Waals surface area contributed by atoms with Gasteiger partial charge in [0.25, 0.3) is 0 Å². The number of carboxylic acids is 1. The fourth-order valence-electron chi connectivity index (χ4n) is 14.3. The first-order valence-corrected chi connectivity index (χ1v) is 18.4. The largest absolute Gasteiger partial charge is 0.481 e. The summed E-state index contributed by atoms with van der Waals surface area (Å²) in [6.07, 6.45) is 19.3. The number of rotatable bonds is 9. The molecule has 5 saturated carbocycles. The zero-order valence-corrected chi connectivity index (χ0v) is 28.5. The van der Waals surface area contributed by atoms with Gasteiger partial charge in [-0.1, -0.05) is 66.7 Å². The van der Waals surface area contributed by atoms with E-state index in [0.29, 0.717) is 24.9 Å². The van der Waals surface area contributed by atoms with Gasteiger partial charge in [0.15, 0.2) is 5.79 Å². The van der Waals surface area contributed by atoms with Crippen LogP contribution in [0.3, 0.4) is 0 Å². The van der Waals surface area contributed by atoms with Crippen LogP contribution < -0.4 is 0 Å². The van der Waals surface area contributed by atoms with Crippen LogP contribution in [0.25, 0.3) is 0 Å². The molecule has 0 aromatic carbocycles. The minimum atomic E-state index is -1.03. The van der Waals surface area contributed by atoms with Crippen molar-refractivity contribution in [2.24, 2.45) is 55.7 Å². The van der Waals surface area contributed by atoms with E-state index >= 15 is 0 Å². The summed E-state index contributed by atoms with van der Waals surface area (Å²) in [6, 6.07) is 0. The standard InChI is InChI=1S/C38H64O5/c1-7-9-10-11-14-35-21-20-34(6)27(33(35,5)19-18-31(3)16-17-32(4,30(40)41)24-29(31)35)13-15-36-26-43-38(42,28(36)12-8-2)23-22-37(34,36)25-39/h27-29,39,42H,7-26H2,1-6H3,(H,40,41)/t27-,28-,29-,31-,32-,33-,34-,35+,36+,37-,38+/m1/s1. The average Bonchev–Trinajstić information content (AvgIpc) is 3.16. The van der Waals surface area contributed by atoms with Crippen molar-refractivity contribution >= 4 is 5.97 Å². The lowest BCUT2D eigenvalue weighted by Crippen LogP contribution is -2.73. The SMILES string of the molecule is CCCCCC[C@@]12CC[C@]3(C)[C@H](CC[C@@]45CO[C@@](O)(CC[C@]43CO)[C@@H]5CCC)[C@@]1(C)CC[C@@]1(C)CC[C@@](C)(C(=O)O)C[C@H]12. The quantitative estimate of drug-likeness (QED) is 0.230. The van der Waals surface area contributed by atoms with Crippen molar-refractivity contribution in [1.82, 2.24) is 0 Å². The van der Waals surface area contributed by atoms with Crippen LogP contribution in [-0.2, 0) is 9.53 Å². The Balaban J connectivity index is 1.46. The van der Waals surface area contributed by atoms with Gasteiger partial charge in [0.1, 0.15) is 0 Å². The maximum Gasteiger partial charge on any atom is 0.309 e. The van der Waals surface area contributed by atoms with Crippen LogP contribution in [0.4, 0.5) is 0 Å². The van der Waals surface area contributed by atoms with Gasteiger partial charge in [-0.3, -0.25) is 4.79 Å². The van der Waals surface area contributed by atoms with Gasteiger partial charge in [-0.2, -0.15) is 0 Å². The van der Waals surface area contributed by atoms with Gasteiger partial charge in [-0.15, -0.1) is 0 Å². The second-order valence-electron chi connectivity index (χ2n) is 18.0. The van der Waals surface area contributed by atoms with E-state index in [1.54, 1.807) is 0 Å². The lowest BCUT2D eigenvalue weighted by Gasteiger charge is -2.78.